The molecule has 0 spiro atoms. The highest BCUT2D eigenvalue weighted by atomic mass is 16.5. The van der Waals surface area contributed by atoms with E-state index in [1.54, 1.807) is 0 Å². The van der Waals surface area contributed by atoms with Gasteiger partial charge in [-0.3, -0.25) is 9.89 Å². The van der Waals surface area contributed by atoms with Crippen LogP contribution in [0.25, 0.3) is 0 Å². The zero-order valence-corrected chi connectivity index (χ0v) is 12.5. The fraction of sp³-hybridized carbons (Fsp3) is 0.278. The smallest absolute Gasteiger partial charge is 0.151 e. The van der Waals surface area contributed by atoms with Gasteiger partial charge < -0.3 is 4.74 Å². The molecule has 0 N–H and O–H groups in total. The van der Waals surface area contributed by atoms with Crippen LogP contribution in [0.4, 0.5) is 11.4 Å². The molecule has 1 aliphatic rings. The second-order valence-corrected chi connectivity index (χ2v) is 5.12. The average molecular weight is 280 g/mol. The van der Waals surface area contributed by atoms with Gasteiger partial charge >= 0.3 is 0 Å². The number of para-hydroxylation sites is 4. The van der Waals surface area contributed by atoms with Crippen LogP contribution < -0.4 is 9.64 Å². The van der Waals surface area contributed by atoms with Crippen LogP contribution in [-0.4, -0.2) is 12.9 Å². The van der Waals surface area contributed by atoms with Gasteiger partial charge in [-0.05, 0) is 30.7 Å². The normalized spacial score (nSPS) is 13.4. The molecule has 0 amide bonds. The summed E-state index contributed by atoms with van der Waals surface area (Å²) in [5.74, 6) is 2.85. The molecule has 0 bridgehead atoms. The lowest BCUT2D eigenvalue weighted by molar-refractivity contribution is 0.477. The monoisotopic (exact) mass is 280 g/mol. The Morgan fingerprint density at radius 3 is 2.10 bits per heavy atom. The molecule has 0 saturated carbocycles. The van der Waals surface area contributed by atoms with E-state index in [9.17, 15) is 0 Å². The maximum Gasteiger partial charge on any atom is 0.151 e. The molecule has 0 aliphatic carbocycles. The Kier molecular flexibility index (Phi) is 3.91. The molecular formula is C18H20N2O. The molecule has 108 valence electrons. The topological polar surface area (TPSA) is 24.8 Å². The zero-order valence-electron chi connectivity index (χ0n) is 12.5. The third-order valence-electron chi connectivity index (χ3n) is 3.70. The van der Waals surface area contributed by atoms with Crippen LogP contribution in [0.15, 0.2) is 53.5 Å². The van der Waals surface area contributed by atoms with Gasteiger partial charge in [-0.2, -0.15) is 0 Å². The number of amidine groups is 1. The quantitative estimate of drug-likeness (QED) is 0.574. The number of hydrogen-bond acceptors (Lipinski definition) is 2. The fourth-order valence-corrected chi connectivity index (χ4v) is 2.64. The Labute approximate surface area is 125 Å². The molecule has 3 rings (SSSR count). The summed E-state index contributed by atoms with van der Waals surface area (Å²) in [6, 6.07) is 16.3. The van der Waals surface area contributed by atoms with E-state index in [1.807, 2.05) is 43.4 Å². The van der Waals surface area contributed by atoms with Crippen molar-refractivity contribution in [1.29, 1.82) is 0 Å². The van der Waals surface area contributed by atoms with Gasteiger partial charge in [-0.15, -0.1) is 0 Å². The molecule has 0 fully saturated rings. The standard InChI is InChI=1S/C18H20N2O/c1-3-4-13-18(19-2)20-14-9-5-7-11-16(14)21-17-12-8-6-10-15(17)20/h5-12H,3-4,13H2,1-2H3. The molecule has 0 unspecified atom stereocenters. The number of ether oxygens (including phenoxy) is 1. The minimum absolute atomic E-state index is 0.883. The van der Waals surface area contributed by atoms with Crippen LogP contribution in [0.1, 0.15) is 26.2 Å². The van der Waals surface area contributed by atoms with Crippen LogP contribution in [0.5, 0.6) is 11.5 Å². The first kappa shape index (κ1) is 13.7. The molecule has 21 heavy (non-hydrogen) atoms. The molecule has 2 aromatic rings. The molecule has 0 radical (unpaired) electrons. The van der Waals surface area contributed by atoms with E-state index in [-0.39, 0.29) is 0 Å². The Morgan fingerprint density at radius 1 is 1.00 bits per heavy atom. The predicted octanol–water partition coefficient (Wildman–Crippen LogP) is 5.15. The summed E-state index contributed by atoms with van der Waals surface area (Å²) in [6.07, 6.45) is 3.26. The van der Waals surface area contributed by atoms with Crippen molar-refractivity contribution >= 4 is 17.2 Å². The van der Waals surface area contributed by atoms with Gasteiger partial charge in [0.25, 0.3) is 0 Å². The van der Waals surface area contributed by atoms with Crippen molar-refractivity contribution in [2.75, 3.05) is 11.9 Å². The van der Waals surface area contributed by atoms with Crippen LogP contribution in [-0.2, 0) is 0 Å². The second-order valence-electron chi connectivity index (χ2n) is 5.12. The SMILES string of the molecule is CCCCC(=NC)N1c2ccccc2Oc2ccccc21. The number of anilines is 2. The van der Waals surface area contributed by atoms with Crippen molar-refractivity contribution in [2.24, 2.45) is 4.99 Å². The van der Waals surface area contributed by atoms with Crippen LogP contribution >= 0.6 is 0 Å². The molecule has 0 saturated heterocycles. The summed E-state index contributed by atoms with van der Waals surface area (Å²) in [4.78, 5) is 6.76. The number of rotatable bonds is 3. The first-order valence-electron chi connectivity index (χ1n) is 7.47. The van der Waals surface area contributed by atoms with Crippen molar-refractivity contribution in [1.82, 2.24) is 0 Å². The van der Waals surface area contributed by atoms with Crippen molar-refractivity contribution in [2.45, 2.75) is 26.2 Å². The Morgan fingerprint density at radius 2 is 1.57 bits per heavy atom. The van der Waals surface area contributed by atoms with E-state index in [2.05, 4.69) is 28.9 Å². The van der Waals surface area contributed by atoms with E-state index in [1.165, 1.54) is 0 Å². The molecule has 0 aromatic heterocycles. The molecule has 3 nitrogen and oxygen atoms in total. The van der Waals surface area contributed by atoms with Crippen molar-refractivity contribution in [3.63, 3.8) is 0 Å². The summed E-state index contributed by atoms with van der Waals surface area (Å²) < 4.78 is 6.01. The van der Waals surface area contributed by atoms with Gasteiger partial charge in [0.1, 0.15) is 5.84 Å². The maximum atomic E-state index is 6.01. The minimum atomic E-state index is 0.883. The first-order chi connectivity index (χ1) is 10.3. The summed E-state index contributed by atoms with van der Waals surface area (Å²) in [5.41, 5.74) is 2.13. The zero-order chi connectivity index (χ0) is 14.7. The van der Waals surface area contributed by atoms with Gasteiger partial charge in [0.2, 0.25) is 0 Å². The highest BCUT2D eigenvalue weighted by molar-refractivity contribution is 6.07. The molecule has 3 heteroatoms. The largest absolute Gasteiger partial charge is 0.453 e. The number of aliphatic imine (C=N–C) groups is 1. The van der Waals surface area contributed by atoms with Crippen LogP contribution in [0.3, 0.4) is 0 Å². The highest BCUT2D eigenvalue weighted by Crippen LogP contribution is 2.46. The molecular weight excluding hydrogens is 260 g/mol. The molecule has 1 heterocycles. The van der Waals surface area contributed by atoms with Crippen LogP contribution in [0, 0.1) is 0 Å². The van der Waals surface area contributed by atoms with Gasteiger partial charge in [-0.1, -0.05) is 37.6 Å². The number of fused-ring (bicyclic) bond motifs is 2. The summed E-state index contributed by atoms with van der Waals surface area (Å²) in [6.45, 7) is 2.20. The maximum absolute atomic E-state index is 6.01. The minimum Gasteiger partial charge on any atom is -0.453 e. The number of unbranched alkanes of at least 4 members (excludes halogenated alkanes) is 1. The van der Waals surface area contributed by atoms with Gasteiger partial charge in [0.05, 0.1) is 11.4 Å². The number of benzene rings is 2. The van der Waals surface area contributed by atoms with E-state index in [0.717, 1.165) is 48.0 Å². The molecule has 2 aromatic carbocycles. The lowest BCUT2D eigenvalue weighted by Crippen LogP contribution is -2.28. The van der Waals surface area contributed by atoms with Crippen molar-refractivity contribution in [3.8, 4) is 11.5 Å². The Bertz CT molecular complexity index is 618. The van der Waals surface area contributed by atoms with E-state index in [4.69, 9.17) is 4.74 Å². The van der Waals surface area contributed by atoms with Crippen molar-refractivity contribution in [3.05, 3.63) is 48.5 Å². The van der Waals surface area contributed by atoms with E-state index >= 15 is 0 Å². The predicted molar refractivity (Wildman–Crippen MR) is 88.0 cm³/mol. The lowest BCUT2D eigenvalue weighted by atomic mass is 10.1. The third-order valence-corrected chi connectivity index (χ3v) is 3.70. The number of nitrogens with zero attached hydrogens (tertiary/aromatic N) is 2. The van der Waals surface area contributed by atoms with Gasteiger partial charge in [0.15, 0.2) is 11.5 Å². The van der Waals surface area contributed by atoms with Gasteiger partial charge in [0, 0.05) is 13.5 Å². The first-order valence-corrected chi connectivity index (χ1v) is 7.47. The molecule has 0 atom stereocenters. The average Bonchev–Trinajstić information content (AvgIpc) is 2.54. The molecule has 1 aliphatic heterocycles. The summed E-state index contributed by atoms with van der Waals surface area (Å²) >= 11 is 0. The van der Waals surface area contributed by atoms with Crippen molar-refractivity contribution < 1.29 is 4.74 Å². The van der Waals surface area contributed by atoms with E-state index in [0.29, 0.717) is 0 Å². The van der Waals surface area contributed by atoms with Crippen LogP contribution in [0.2, 0.25) is 0 Å². The van der Waals surface area contributed by atoms with Gasteiger partial charge in [-0.25, -0.2) is 0 Å². The summed E-state index contributed by atoms with van der Waals surface area (Å²) in [7, 11) is 1.87. The fourth-order valence-electron chi connectivity index (χ4n) is 2.64. The second kappa shape index (κ2) is 6.00. The highest BCUT2D eigenvalue weighted by Gasteiger charge is 2.26. The summed E-state index contributed by atoms with van der Waals surface area (Å²) in [5, 5.41) is 0. The van der Waals surface area contributed by atoms with E-state index < -0.39 is 0 Å². The number of hydrogen-bond donors (Lipinski definition) is 0. The lowest BCUT2D eigenvalue weighted by Gasteiger charge is -2.33. The Balaban J connectivity index is 2.10. The third kappa shape index (κ3) is 2.51. The Hall–Kier alpha value is -2.29.